The molecular weight excluding hydrogens is 246 g/mol. The first-order chi connectivity index (χ1) is 9.16. The molecule has 96 valence electrons. The van der Waals surface area contributed by atoms with Gasteiger partial charge in [-0.15, -0.1) is 0 Å². The number of imidazole rings is 1. The maximum atomic E-state index is 11.9. The number of carboxylic acids is 1. The minimum absolute atomic E-state index is 0.190. The molecule has 3 rings (SSSR count). The standard InChI is InChI=1S/C13H11N3O3/c17-12(18)8-3-5-9(6-4-8)16-10-2-1-7-14-11(10)15-13(16)19/h1-6,14H,7H2,(H,15,19)(H,17,18). The number of benzene rings is 1. The van der Waals surface area contributed by atoms with Gasteiger partial charge >= 0.3 is 11.7 Å². The number of aromatic nitrogens is 2. The second-order valence-corrected chi connectivity index (χ2v) is 4.16. The molecule has 0 saturated carbocycles. The predicted molar refractivity (Wildman–Crippen MR) is 70.9 cm³/mol. The van der Waals surface area contributed by atoms with Gasteiger partial charge in [0.25, 0.3) is 0 Å². The molecule has 1 aliphatic rings. The molecule has 0 aliphatic carbocycles. The fraction of sp³-hybridized carbons (Fsp3) is 0.0769. The fourth-order valence-corrected chi connectivity index (χ4v) is 2.08. The summed E-state index contributed by atoms with van der Waals surface area (Å²) in [6.45, 7) is 0.672. The summed E-state index contributed by atoms with van der Waals surface area (Å²) in [7, 11) is 0. The SMILES string of the molecule is O=C(O)c1ccc(-n2c3c([nH]c2=O)NCC=C3)cc1. The molecule has 0 unspecified atom stereocenters. The van der Waals surface area contributed by atoms with Crippen molar-refractivity contribution in [3.05, 3.63) is 52.1 Å². The summed E-state index contributed by atoms with van der Waals surface area (Å²) in [5.74, 6) is -0.314. The number of hydrogen-bond donors (Lipinski definition) is 3. The van der Waals surface area contributed by atoms with E-state index in [0.29, 0.717) is 18.1 Å². The van der Waals surface area contributed by atoms with Crippen molar-refractivity contribution in [2.24, 2.45) is 0 Å². The number of hydrogen-bond acceptors (Lipinski definition) is 3. The molecule has 0 radical (unpaired) electrons. The largest absolute Gasteiger partial charge is 0.478 e. The fourth-order valence-electron chi connectivity index (χ4n) is 2.08. The quantitative estimate of drug-likeness (QED) is 0.756. The van der Waals surface area contributed by atoms with Gasteiger partial charge in [-0.05, 0) is 30.3 Å². The summed E-state index contributed by atoms with van der Waals surface area (Å²) in [6.07, 6.45) is 3.77. The first-order valence-electron chi connectivity index (χ1n) is 5.76. The van der Waals surface area contributed by atoms with Crippen molar-refractivity contribution >= 4 is 17.9 Å². The summed E-state index contributed by atoms with van der Waals surface area (Å²) in [5, 5.41) is 11.9. The first-order valence-corrected chi connectivity index (χ1v) is 5.76. The molecule has 0 amide bonds. The van der Waals surface area contributed by atoms with Crippen molar-refractivity contribution in [3.8, 4) is 5.69 Å². The van der Waals surface area contributed by atoms with E-state index in [4.69, 9.17) is 5.11 Å². The van der Waals surface area contributed by atoms with E-state index in [1.54, 1.807) is 12.1 Å². The molecule has 2 heterocycles. The van der Waals surface area contributed by atoms with Crippen molar-refractivity contribution in [1.82, 2.24) is 9.55 Å². The van der Waals surface area contributed by atoms with Crippen LogP contribution < -0.4 is 11.0 Å². The molecule has 6 heteroatoms. The van der Waals surface area contributed by atoms with E-state index in [9.17, 15) is 9.59 Å². The average molecular weight is 257 g/mol. The number of carboxylic acid groups (broad SMARTS) is 1. The second-order valence-electron chi connectivity index (χ2n) is 4.16. The Hall–Kier alpha value is -2.76. The van der Waals surface area contributed by atoms with Crippen molar-refractivity contribution in [1.29, 1.82) is 0 Å². The van der Waals surface area contributed by atoms with Crippen LogP contribution >= 0.6 is 0 Å². The van der Waals surface area contributed by atoms with E-state index >= 15 is 0 Å². The number of fused-ring (bicyclic) bond motifs is 1. The summed E-state index contributed by atoms with van der Waals surface area (Å²) < 4.78 is 1.50. The van der Waals surface area contributed by atoms with E-state index in [0.717, 1.165) is 5.69 Å². The zero-order chi connectivity index (χ0) is 13.4. The van der Waals surface area contributed by atoms with Crippen molar-refractivity contribution < 1.29 is 9.90 Å². The molecule has 3 N–H and O–H groups in total. The number of anilines is 1. The zero-order valence-corrected chi connectivity index (χ0v) is 9.88. The average Bonchev–Trinajstić information content (AvgIpc) is 2.74. The normalized spacial score (nSPS) is 12.8. The second kappa shape index (κ2) is 4.16. The van der Waals surface area contributed by atoms with E-state index < -0.39 is 5.97 Å². The van der Waals surface area contributed by atoms with Crippen LogP contribution in [0.2, 0.25) is 0 Å². The highest BCUT2D eigenvalue weighted by molar-refractivity contribution is 5.87. The van der Waals surface area contributed by atoms with Gasteiger partial charge in [-0.1, -0.05) is 6.08 Å². The number of carbonyl (C=O) groups is 1. The van der Waals surface area contributed by atoms with Gasteiger partial charge in [-0.2, -0.15) is 0 Å². The van der Waals surface area contributed by atoms with Gasteiger partial charge in [0.05, 0.1) is 16.9 Å². The number of aromatic amines is 1. The third kappa shape index (κ3) is 1.83. The monoisotopic (exact) mass is 257 g/mol. The van der Waals surface area contributed by atoms with Crippen LogP contribution in [0.1, 0.15) is 16.1 Å². The Balaban J connectivity index is 2.13. The van der Waals surface area contributed by atoms with Crippen LogP contribution in [0.4, 0.5) is 5.82 Å². The summed E-state index contributed by atoms with van der Waals surface area (Å²) in [4.78, 5) is 25.5. The van der Waals surface area contributed by atoms with Gasteiger partial charge in [0.2, 0.25) is 0 Å². The lowest BCUT2D eigenvalue weighted by Gasteiger charge is -2.10. The molecular formula is C13H11N3O3. The van der Waals surface area contributed by atoms with Crippen molar-refractivity contribution in [3.63, 3.8) is 0 Å². The van der Waals surface area contributed by atoms with Gasteiger partial charge in [-0.25, -0.2) is 9.59 Å². The van der Waals surface area contributed by atoms with Crippen molar-refractivity contribution in [2.45, 2.75) is 0 Å². The molecule has 2 aromatic rings. The minimum Gasteiger partial charge on any atom is -0.478 e. The van der Waals surface area contributed by atoms with Gasteiger partial charge < -0.3 is 10.4 Å². The summed E-state index contributed by atoms with van der Waals surface area (Å²) >= 11 is 0. The van der Waals surface area contributed by atoms with Gasteiger partial charge in [0.15, 0.2) is 0 Å². The zero-order valence-electron chi connectivity index (χ0n) is 9.88. The highest BCUT2D eigenvalue weighted by Crippen LogP contribution is 2.20. The van der Waals surface area contributed by atoms with Crippen LogP contribution in [0, 0.1) is 0 Å². The van der Waals surface area contributed by atoms with Crippen LogP contribution in [0.15, 0.2) is 35.1 Å². The van der Waals surface area contributed by atoms with Gasteiger partial charge in [0.1, 0.15) is 5.82 Å². The number of H-pyrrole nitrogens is 1. The maximum absolute atomic E-state index is 11.9. The lowest BCUT2D eigenvalue weighted by atomic mass is 10.2. The molecule has 0 atom stereocenters. The molecule has 0 fully saturated rings. The van der Waals surface area contributed by atoms with E-state index in [1.807, 2.05) is 12.2 Å². The van der Waals surface area contributed by atoms with Crippen LogP contribution in [0.25, 0.3) is 11.8 Å². The highest BCUT2D eigenvalue weighted by atomic mass is 16.4. The molecule has 1 aromatic carbocycles. The number of rotatable bonds is 2. The predicted octanol–water partition coefficient (Wildman–Crippen LogP) is 1.30. The van der Waals surface area contributed by atoms with Crippen LogP contribution in [-0.4, -0.2) is 27.2 Å². The molecule has 19 heavy (non-hydrogen) atoms. The molecule has 0 bridgehead atoms. The van der Waals surface area contributed by atoms with E-state index in [-0.39, 0.29) is 11.3 Å². The molecule has 6 nitrogen and oxygen atoms in total. The summed E-state index contributed by atoms with van der Waals surface area (Å²) in [5.41, 5.74) is 1.29. The van der Waals surface area contributed by atoms with Gasteiger partial charge in [-0.3, -0.25) is 9.55 Å². The van der Waals surface area contributed by atoms with Gasteiger partial charge in [0, 0.05) is 6.54 Å². The number of nitrogens with zero attached hydrogens (tertiary/aromatic N) is 1. The Bertz CT molecular complexity index is 723. The first kappa shape index (κ1) is 11.3. The lowest BCUT2D eigenvalue weighted by molar-refractivity contribution is 0.0697. The highest BCUT2D eigenvalue weighted by Gasteiger charge is 2.15. The Morgan fingerprint density at radius 2 is 2.00 bits per heavy atom. The Morgan fingerprint density at radius 3 is 2.68 bits per heavy atom. The van der Waals surface area contributed by atoms with Crippen LogP contribution in [0.3, 0.4) is 0 Å². The molecule has 0 saturated heterocycles. The van der Waals surface area contributed by atoms with Crippen LogP contribution in [0.5, 0.6) is 0 Å². The van der Waals surface area contributed by atoms with Crippen molar-refractivity contribution in [2.75, 3.05) is 11.9 Å². The van der Waals surface area contributed by atoms with Crippen LogP contribution in [-0.2, 0) is 0 Å². The minimum atomic E-state index is -0.989. The lowest BCUT2D eigenvalue weighted by Crippen LogP contribution is -2.16. The number of nitrogens with one attached hydrogen (secondary N) is 2. The smallest absolute Gasteiger partial charge is 0.335 e. The Kier molecular flexibility index (Phi) is 2.49. The van der Waals surface area contributed by atoms with E-state index in [1.165, 1.54) is 16.7 Å². The van der Waals surface area contributed by atoms with E-state index in [2.05, 4.69) is 10.3 Å². The third-order valence-corrected chi connectivity index (χ3v) is 2.98. The Morgan fingerprint density at radius 1 is 1.26 bits per heavy atom. The molecule has 0 spiro atoms. The summed E-state index contributed by atoms with van der Waals surface area (Å²) in [6, 6.07) is 6.18. The maximum Gasteiger partial charge on any atom is 0.335 e. The topological polar surface area (TPSA) is 87.1 Å². The number of aromatic carboxylic acids is 1. The third-order valence-electron chi connectivity index (χ3n) is 2.98. The molecule has 1 aliphatic heterocycles. The Labute approximate surface area is 108 Å². The molecule has 1 aromatic heterocycles.